The molecule has 1 N–H and O–H groups in total. The van der Waals surface area contributed by atoms with Gasteiger partial charge in [-0.15, -0.1) is 0 Å². The van der Waals surface area contributed by atoms with Gasteiger partial charge in [-0.05, 0) is 49.7 Å². The lowest BCUT2D eigenvalue weighted by molar-refractivity contribution is 0.628. The zero-order valence-electron chi connectivity index (χ0n) is 13.8. The first-order valence-electron chi connectivity index (χ1n) is 7.49. The zero-order chi connectivity index (χ0) is 18.3. The summed E-state index contributed by atoms with van der Waals surface area (Å²) in [6, 6.07) is 7.17. The zero-order valence-corrected chi connectivity index (χ0v) is 15.3. The predicted molar refractivity (Wildman–Crippen MR) is 97.8 cm³/mol. The molecule has 1 aromatic heterocycles. The molecule has 3 rings (SSSR count). The number of nitrogens with zero attached hydrogens (tertiary/aromatic N) is 2. The van der Waals surface area contributed by atoms with Crippen LogP contribution in [0.25, 0.3) is 11.1 Å². The maximum absolute atomic E-state index is 14.3. The number of aryl methyl sites for hydroxylation is 3. The van der Waals surface area contributed by atoms with Crippen LogP contribution in [0.3, 0.4) is 0 Å². The first-order valence-corrected chi connectivity index (χ1v) is 8.25. The highest BCUT2D eigenvalue weighted by Crippen LogP contribution is 2.39. The van der Waals surface area contributed by atoms with E-state index in [1.165, 1.54) is 18.2 Å². The quantitative estimate of drug-likeness (QED) is 0.599. The molecule has 0 aliphatic carbocycles. The van der Waals surface area contributed by atoms with Gasteiger partial charge in [-0.25, -0.2) is 8.78 Å². The first-order chi connectivity index (χ1) is 11.8. The molecule has 0 saturated heterocycles. The monoisotopic (exact) mass is 381 g/mol. The number of aromatic nitrogens is 2. The van der Waals surface area contributed by atoms with E-state index in [1.807, 2.05) is 0 Å². The van der Waals surface area contributed by atoms with Gasteiger partial charge in [0.25, 0.3) is 0 Å². The SMILES string of the molecule is Cc1cc(F)c(Nc2c(-c3ccc(F)cc3Cl)c(C)nn2C)c(Cl)c1. The summed E-state index contributed by atoms with van der Waals surface area (Å²) >= 11 is 12.4. The molecule has 130 valence electrons. The third-order valence-corrected chi connectivity index (χ3v) is 4.46. The van der Waals surface area contributed by atoms with E-state index in [4.69, 9.17) is 23.2 Å². The molecule has 0 spiro atoms. The summed E-state index contributed by atoms with van der Waals surface area (Å²) in [6.07, 6.45) is 0. The van der Waals surface area contributed by atoms with Crippen molar-refractivity contribution in [2.75, 3.05) is 5.32 Å². The van der Waals surface area contributed by atoms with Gasteiger partial charge in [-0.3, -0.25) is 4.68 Å². The molecule has 3 nitrogen and oxygen atoms in total. The van der Waals surface area contributed by atoms with Crippen LogP contribution in [0.1, 0.15) is 11.3 Å². The average Bonchev–Trinajstić information content (AvgIpc) is 2.77. The van der Waals surface area contributed by atoms with Crippen LogP contribution in [0, 0.1) is 25.5 Å². The number of benzene rings is 2. The van der Waals surface area contributed by atoms with E-state index in [0.717, 1.165) is 5.56 Å². The Hall–Kier alpha value is -2.11. The molecule has 0 radical (unpaired) electrons. The lowest BCUT2D eigenvalue weighted by atomic mass is 10.1. The molecule has 0 fully saturated rings. The number of rotatable bonds is 3. The number of halogens is 4. The highest BCUT2D eigenvalue weighted by molar-refractivity contribution is 6.34. The van der Waals surface area contributed by atoms with E-state index in [9.17, 15) is 8.78 Å². The largest absolute Gasteiger partial charge is 0.336 e. The Morgan fingerprint density at radius 3 is 2.40 bits per heavy atom. The topological polar surface area (TPSA) is 29.9 Å². The fourth-order valence-electron chi connectivity index (χ4n) is 2.75. The Bertz CT molecular complexity index is 944. The molecule has 1 heterocycles. The van der Waals surface area contributed by atoms with Gasteiger partial charge in [0, 0.05) is 18.2 Å². The Morgan fingerprint density at radius 1 is 1.04 bits per heavy atom. The van der Waals surface area contributed by atoms with Gasteiger partial charge in [0.2, 0.25) is 0 Å². The van der Waals surface area contributed by atoms with Crippen molar-refractivity contribution in [2.24, 2.45) is 7.05 Å². The van der Waals surface area contributed by atoms with Gasteiger partial charge in [0.15, 0.2) is 0 Å². The van der Waals surface area contributed by atoms with Crippen LogP contribution in [0.5, 0.6) is 0 Å². The molecule has 0 bridgehead atoms. The normalized spacial score (nSPS) is 11.0. The maximum Gasteiger partial charge on any atom is 0.148 e. The minimum atomic E-state index is -0.472. The van der Waals surface area contributed by atoms with Crippen LogP contribution >= 0.6 is 23.2 Å². The lowest BCUT2D eigenvalue weighted by Gasteiger charge is -2.14. The van der Waals surface area contributed by atoms with Crippen LogP contribution in [0.4, 0.5) is 20.3 Å². The van der Waals surface area contributed by atoms with Gasteiger partial charge in [-0.2, -0.15) is 5.10 Å². The highest BCUT2D eigenvalue weighted by atomic mass is 35.5. The molecular formula is C18H15Cl2F2N3. The molecular weight excluding hydrogens is 367 g/mol. The molecule has 0 saturated carbocycles. The second kappa shape index (κ2) is 6.65. The minimum Gasteiger partial charge on any atom is -0.336 e. The Balaban J connectivity index is 2.16. The summed E-state index contributed by atoms with van der Waals surface area (Å²) in [5.41, 5.74) is 2.79. The summed E-state index contributed by atoms with van der Waals surface area (Å²) in [5.74, 6) is -0.395. The van der Waals surface area contributed by atoms with Gasteiger partial charge >= 0.3 is 0 Å². The molecule has 0 aliphatic heterocycles. The van der Waals surface area contributed by atoms with Crippen molar-refractivity contribution >= 4 is 34.7 Å². The summed E-state index contributed by atoms with van der Waals surface area (Å²) < 4.78 is 29.3. The number of nitrogens with one attached hydrogen (secondary N) is 1. The number of hydrogen-bond acceptors (Lipinski definition) is 2. The van der Waals surface area contributed by atoms with Gasteiger partial charge in [0.1, 0.15) is 17.5 Å². The summed E-state index contributed by atoms with van der Waals surface area (Å²) in [7, 11) is 1.72. The second-order valence-electron chi connectivity index (χ2n) is 5.79. The Morgan fingerprint density at radius 2 is 1.76 bits per heavy atom. The molecule has 0 aliphatic rings. The molecule has 25 heavy (non-hydrogen) atoms. The van der Waals surface area contributed by atoms with Crippen LogP contribution in [-0.2, 0) is 7.05 Å². The summed E-state index contributed by atoms with van der Waals surface area (Å²) in [4.78, 5) is 0. The van der Waals surface area contributed by atoms with Crippen LogP contribution in [0.15, 0.2) is 30.3 Å². The van der Waals surface area contributed by atoms with Crippen molar-refractivity contribution in [3.8, 4) is 11.1 Å². The highest BCUT2D eigenvalue weighted by Gasteiger charge is 2.20. The fraction of sp³-hybridized carbons (Fsp3) is 0.167. The van der Waals surface area contributed by atoms with Crippen molar-refractivity contribution in [3.05, 3.63) is 63.3 Å². The third-order valence-electron chi connectivity index (χ3n) is 3.85. The molecule has 0 unspecified atom stereocenters. The smallest absolute Gasteiger partial charge is 0.148 e. The number of anilines is 2. The maximum atomic E-state index is 14.3. The Labute approximate surface area is 154 Å². The van der Waals surface area contributed by atoms with Crippen molar-refractivity contribution in [3.63, 3.8) is 0 Å². The van der Waals surface area contributed by atoms with E-state index in [2.05, 4.69) is 10.4 Å². The predicted octanol–water partition coefficient (Wildman–Crippen LogP) is 6.03. The van der Waals surface area contributed by atoms with Crippen molar-refractivity contribution < 1.29 is 8.78 Å². The second-order valence-corrected chi connectivity index (χ2v) is 6.60. The van der Waals surface area contributed by atoms with Crippen LogP contribution < -0.4 is 5.32 Å². The van der Waals surface area contributed by atoms with E-state index < -0.39 is 11.6 Å². The van der Waals surface area contributed by atoms with Crippen LogP contribution in [0.2, 0.25) is 10.0 Å². The van der Waals surface area contributed by atoms with E-state index in [0.29, 0.717) is 22.6 Å². The van der Waals surface area contributed by atoms with Crippen molar-refractivity contribution in [2.45, 2.75) is 13.8 Å². The lowest BCUT2D eigenvalue weighted by Crippen LogP contribution is -2.03. The standard InChI is InChI=1S/C18H15Cl2F2N3/c1-9-6-14(20)17(15(22)7-9)23-18-16(10(2)24-25(18)3)12-5-4-11(21)8-13(12)19/h4-8,23H,1-3H3. The Kier molecular flexibility index (Phi) is 4.71. The third kappa shape index (κ3) is 3.34. The van der Waals surface area contributed by atoms with Crippen LogP contribution in [-0.4, -0.2) is 9.78 Å². The van der Waals surface area contributed by atoms with Gasteiger partial charge in [-0.1, -0.05) is 23.2 Å². The van der Waals surface area contributed by atoms with Gasteiger partial charge < -0.3 is 5.32 Å². The first kappa shape index (κ1) is 17.7. The fourth-order valence-corrected chi connectivity index (χ4v) is 3.33. The molecule has 2 aromatic carbocycles. The van der Waals surface area contributed by atoms with Crippen molar-refractivity contribution in [1.82, 2.24) is 9.78 Å². The van der Waals surface area contributed by atoms with Crippen molar-refractivity contribution in [1.29, 1.82) is 0 Å². The molecule has 0 amide bonds. The molecule has 7 heteroatoms. The minimum absolute atomic E-state index is 0.148. The average molecular weight is 382 g/mol. The van der Waals surface area contributed by atoms with E-state index >= 15 is 0 Å². The summed E-state index contributed by atoms with van der Waals surface area (Å²) in [6.45, 7) is 3.56. The number of hydrogen-bond donors (Lipinski definition) is 1. The van der Waals surface area contributed by atoms with E-state index in [1.54, 1.807) is 37.7 Å². The molecule has 0 atom stereocenters. The summed E-state index contributed by atoms with van der Waals surface area (Å²) in [5, 5.41) is 7.87. The molecule has 3 aromatic rings. The van der Waals surface area contributed by atoms with Gasteiger partial charge in [0.05, 0.1) is 21.4 Å². The van der Waals surface area contributed by atoms with E-state index in [-0.39, 0.29) is 15.7 Å².